The average Bonchev–Trinajstić information content (AvgIpc) is 2.91. The Morgan fingerprint density at radius 2 is 0.730 bits per heavy atom. The van der Waals surface area contributed by atoms with Gasteiger partial charge >= 0.3 is 11.9 Å². The molecule has 4 aromatic carbocycles. The fourth-order valence-corrected chi connectivity index (χ4v) is 4.86. The van der Waals surface area contributed by atoms with Crippen LogP contribution in [0.2, 0.25) is 0 Å². The van der Waals surface area contributed by atoms with E-state index in [-0.39, 0.29) is 11.8 Å². The van der Waals surface area contributed by atoms with Gasteiger partial charge in [0.05, 0.1) is 0 Å². The minimum atomic E-state index is -0.600. The van der Waals surface area contributed by atoms with Gasteiger partial charge in [0.15, 0.2) is 0 Å². The van der Waals surface area contributed by atoms with Crippen LogP contribution in [0, 0.1) is 0 Å². The lowest BCUT2D eigenvalue weighted by Crippen LogP contribution is -2.28. The van der Waals surface area contributed by atoms with Crippen LogP contribution >= 0.6 is 0 Å². The van der Waals surface area contributed by atoms with Crippen molar-refractivity contribution in [3.05, 3.63) is 144 Å². The summed E-state index contributed by atoms with van der Waals surface area (Å²) in [5.41, 5.74) is 4.16. The van der Waals surface area contributed by atoms with Gasteiger partial charge in [-0.15, -0.1) is 0 Å². The Hall–Kier alpha value is -4.18. The van der Waals surface area contributed by atoms with Crippen molar-refractivity contribution in [3.8, 4) is 0 Å². The first-order valence-electron chi connectivity index (χ1n) is 12.6. The third kappa shape index (κ3) is 6.95. The summed E-state index contributed by atoms with van der Waals surface area (Å²) in [5, 5.41) is 0. The molecule has 0 amide bonds. The molecule has 0 saturated carbocycles. The summed E-state index contributed by atoms with van der Waals surface area (Å²) in [6.45, 7) is 3.72. The van der Waals surface area contributed by atoms with Crippen LogP contribution in [0.3, 0.4) is 0 Å². The van der Waals surface area contributed by atoms with E-state index in [4.69, 9.17) is 9.47 Å². The van der Waals surface area contributed by atoms with E-state index in [0.29, 0.717) is 0 Å². The van der Waals surface area contributed by atoms with Crippen molar-refractivity contribution in [2.75, 3.05) is 0 Å². The number of carbonyl (C=O) groups excluding carboxylic acids is 2. The summed E-state index contributed by atoms with van der Waals surface area (Å²) in [4.78, 5) is 25.6. The summed E-state index contributed by atoms with van der Waals surface area (Å²) >= 11 is 0. The summed E-state index contributed by atoms with van der Waals surface area (Å²) in [6, 6.07) is 39.7. The summed E-state index contributed by atoms with van der Waals surface area (Å²) < 4.78 is 11.5. The molecule has 0 fully saturated rings. The minimum absolute atomic E-state index is 0.151. The third-order valence-electron chi connectivity index (χ3n) is 6.50. The zero-order chi connectivity index (χ0) is 26.0. The first-order valence-corrected chi connectivity index (χ1v) is 12.6. The SMILES string of the molecule is CC(OC(=O)CC(=O)OC(C)C(c1ccccc1)c1ccccc1)C(c1ccccc1)c1ccccc1. The van der Waals surface area contributed by atoms with E-state index in [1.54, 1.807) is 0 Å². The van der Waals surface area contributed by atoms with Gasteiger partial charge in [-0.25, -0.2) is 0 Å². The van der Waals surface area contributed by atoms with E-state index in [9.17, 15) is 9.59 Å². The Labute approximate surface area is 218 Å². The number of carbonyl (C=O) groups is 2. The van der Waals surface area contributed by atoms with Gasteiger partial charge in [0.1, 0.15) is 18.6 Å². The zero-order valence-corrected chi connectivity index (χ0v) is 21.2. The second-order valence-electron chi connectivity index (χ2n) is 9.16. The Morgan fingerprint density at radius 3 is 0.973 bits per heavy atom. The lowest BCUT2D eigenvalue weighted by atomic mass is 9.87. The molecule has 4 heteroatoms. The predicted octanol–water partition coefficient (Wildman–Crippen LogP) is 6.90. The second kappa shape index (κ2) is 12.7. The topological polar surface area (TPSA) is 52.6 Å². The molecule has 0 saturated heterocycles. The molecule has 0 spiro atoms. The highest BCUT2D eigenvalue weighted by Gasteiger charge is 2.28. The number of hydrogen-bond donors (Lipinski definition) is 0. The predicted molar refractivity (Wildman–Crippen MR) is 145 cm³/mol. The number of rotatable bonds is 10. The minimum Gasteiger partial charge on any atom is -0.461 e. The standard InChI is InChI=1S/C33H32O4/c1-24(32(26-15-7-3-8-16-26)27-17-9-4-10-18-27)36-30(34)23-31(35)37-25(2)33(28-19-11-5-12-20-28)29-21-13-6-14-22-29/h3-22,24-25,32-33H,23H2,1-2H3. The Kier molecular flexibility index (Phi) is 8.88. The van der Waals surface area contributed by atoms with Crippen LogP contribution in [0.25, 0.3) is 0 Å². The van der Waals surface area contributed by atoms with Crippen LogP contribution in [-0.2, 0) is 19.1 Å². The van der Waals surface area contributed by atoms with Crippen LogP contribution in [0.4, 0.5) is 0 Å². The summed E-state index contributed by atoms with van der Waals surface area (Å²) in [7, 11) is 0. The Morgan fingerprint density at radius 1 is 0.486 bits per heavy atom. The average molecular weight is 493 g/mol. The molecule has 0 aromatic heterocycles. The van der Waals surface area contributed by atoms with Crippen LogP contribution in [0.15, 0.2) is 121 Å². The van der Waals surface area contributed by atoms with Crippen LogP contribution in [0.1, 0.15) is 54.4 Å². The molecule has 4 nitrogen and oxygen atoms in total. The molecule has 4 aromatic rings. The van der Waals surface area contributed by atoms with E-state index >= 15 is 0 Å². The van der Waals surface area contributed by atoms with Gasteiger partial charge in [0, 0.05) is 11.8 Å². The fraction of sp³-hybridized carbons (Fsp3) is 0.212. The first kappa shape index (κ1) is 25.9. The largest absolute Gasteiger partial charge is 0.461 e. The maximum atomic E-state index is 12.8. The molecule has 0 aliphatic rings. The summed E-state index contributed by atoms with van der Waals surface area (Å²) in [6.07, 6.45) is -1.38. The summed E-state index contributed by atoms with van der Waals surface area (Å²) in [5.74, 6) is -1.50. The molecular weight excluding hydrogens is 460 g/mol. The van der Waals surface area contributed by atoms with Gasteiger partial charge in [-0.1, -0.05) is 121 Å². The fourth-order valence-electron chi connectivity index (χ4n) is 4.86. The van der Waals surface area contributed by atoms with Gasteiger partial charge in [-0.05, 0) is 36.1 Å². The molecule has 4 rings (SSSR count). The molecule has 0 heterocycles. The van der Waals surface area contributed by atoms with Crippen molar-refractivity contribution in [1.29, 1.82) is 0 Å². The lowest BCUT2D eigenvalue weighted by Gasteiger charge is -2.26. The van der Waals surface area contributed by atoms with E-state index in [0.717, 1.165) is 22.3 Å². The molecule has 0 bridgehead atoms. The normalized spacial score (nSPS) is 12.6. The third-order valence-corrected chi connectivity index (χ3v) is 6.50. The maximum absolute atomic E-state index is 12.8. The molecule has 0 aliphatic heterocycles. The van der Waals surface area contributed by atoms with Crippen molar-refractivity contribution in [1.82, 2.24) is 0 Å². The highest BCUT2D eigenvalue weighted by molar-refractivity contribution is 5.91. The van der Waals surface area contributed by atoms with E-state index in [1.807, 2.05) is 135 Å². The quantitative estimate of drug-likeness (QED) is 0.178. The number of ether oxygens (including phenoxy) is 2. The van der Waals surface area contributed by atoms with Crippen LogP contribution in [-0.4, -0.2) is 24.1 Å². The molecule has 0 radical (unpaired) electrons. The molecule has 2 unspecified atom stereocenters. The molecule has 0 N–H and O–H groups in total. The Balaban J connectivity index is 1.42. The highest BCUT2D eigenvalue weighted by atomic mass is 16.6. The van der Waals surface area contributed by atoms with Gasteiger partial charge in [-0.2, -0.15) is 0 Å². The molecule has 188 valence electrons. The van der Waals surface area contributed by atoms with Crippen molar-refractivity contribution in [3.63, 3.8) is 0 Å². The highest BCUT2D eigenvalue weighted by Crippen LogP contribution is 2.31. The lowest BCUT2D eigenvalue weighted by molar-refractivity contribution is -0.160. The van der Waals surface area contributed by atoms with Crippen LogP contribution in [0.5, 0.6) is 0 Å². The van der Waals surface area contributed by atoms with Gasteiger partial charge < -0.3 is 9.47 Å². The van der Waals surface area contributed by atoms with E-state index in [2.05, 4.69) is 0 Å². The van der Waals surface area contributed by atoms with E-state index < -0.39 is 30.6 Å². The molecular formula is C33H32O4. The molecule has 0 aliphatic carbocycles. The van der Waals surface area contributed by atoms with E-state index in [1.165, 1.54) is 0 Å². The van der Waals surface area contributed by atoms with Crippen LogP contribution < -0.4 is 0 Å². The Bertz CT molecular complexity index is 1080. The van der Waals surface area contributed by atoms with Crippen molar-refractivity contribution < 1.29 is 19.1 Å². The van der Waals surface area contributed by atoms with Gasteiger partial charge in [0.2, 0.25) is 0 Å². The zero-order valence-electron chi connectivity index (χ0n) is 21.2. The van der Waals surface area contributed by atoms with Crippen molar-refractivity contribution >= 4 is 11.9 Å². The van der Waals surface area contributed by atoms with Gasteiger partial charge in [-0.3, -0.25) is 9.59 Å². The monoisotopic (exact) mass is 492 g/mol. The van der Waals surface area contributed by atoms with Crippen molar-refractivity contribution in [2.45, 2.75) is 44.3 Å². The van der Waals surface area contributed by atoms with Crippen molar-refractivity contribution in [2.24, 2.45) is 0 Å². The number of hydrogen-bond acceptors (Lipinski definition) is 4. The molecule has 2 atom stereocenters. The second-order valence-corrected chi connectivity index (χ2v) is 9.16. The van der Waals surface area contributed by atoms with Gasteiger partial charge in [0.25, 0.3) is 0 Å². The maximum Gasteiger partial charge on any atom is 0.317 e. The first-order chi connectivity index (χ1) is 18.0. The number of benzene rings is 4. The number of esters is 2. The smallest absolute Gasteiger partial charge is 0.317 e. The molecule has 37 heavy (non-hydrogen) atoms.